The summed E-state index contributed by atoms with van der Waals surface area (Å²) < 4.78 is 11.7. The van der Waals surface area contributed by atoms with Crippen LogP contribution in [0.5, 0.6) is 0 Å². The minimum Gasteiger partial charge on any atom is -0.309 e. The quantitative estimate of drug-likeness (QED) is 0.897. The second-order valence-corrected chi connectivity index (χ2v) is 8.15. The predicted molar refractivity (Wildman–Crippen MR) is 80.6 cm³/mol. The number of benzene rings is 1. The van der Waals surface area contributed by atoms with E-state index in [2.05, 4.69) is 12.2 Å². The molecule has 0 unspecified atom stereocenters. The molecule has 1 rings (SSSR count). The van der Waals surface area contributed by atoms with E-state index in [1.807, 2.05) is 45.0 Å². The van der Waals surface area contributed by atoms with Crippen LogP contribution in [0.25, 0.3) is 0 Å². The molecule has 0 saturated heterocycles. The summed E-state index contributed by atoms with van der Waals surface area (Å²) in [5.41, 5.74) is 1.20. The lowest BCUT2D eigenvalue weighted by Gasteiger charge is -2.19. The lowest BCUT2D eigenvalue weighted by atomic mass is 10.1. The highest BCUT2D eigenvalue weighted by Crippen LogP contribution is 2.16. The van der Waals surface area contributed by atoms with Crippen LogP contribution in [0.15, 0.2) is 24.3 Å². The van der Waals surface area contributed by atoms with Crippen molar-refractivity contribution >= 4 is 22.4 Å². The van der Waals surface area contributed by atoms with Crippen LogP contribution in [0.1, 0.15) is 39.3 Å². The number of hydrogen-bond donors (Lipinski definition) is 1. The molecule has 4 heteroatoms. The number of hydrogen-bond acceptors (Lipinski definition) is 2. The van der Waals surface area contributed by atoms with Gasteiger partial charge in [-0.15, -0.1) is 0 Å². The van der Waals surface area contributed by atoms with Crippen molar-refractivity contribution in [1.29, 1.82) is 0 Å². The average molecular weight is 288 g/mol. The van der Waals surface area contributed by atoms with Crippen LogP contribution >= 0.6 is 11.6 Å². The number of rotatable bonds is 5. The molecule has 0 saturated carbocycles. The van der Waals surface area contributed by atoms with Gasteiger partial charge in [0.15, 0.2) is 0 Å². The fourth-order valence-electron chi connectivity index (χ4n) is 1.54. The smallest absolute Gasteiger partial charge is 0.0406 e. The van der Waals surface area contributed by atoms with Crippen molar-refractivity contribution in [3.05, 3.63) is 34.9 Å². The number of halogens is 1. The van der Waals surface area contributed by atoms with Gasteiger partial charge in [0.25, 0.3) is 0 Å². The van der Waals surface area contributed by atoms with Gasteiger partial charge in [0.1, 0.15) is 0 Å². The topological polar surface area (TPSA) is 29.1 Å². The molecular formula is C14H22ClNOS. The number of nitrogens with one attached hydrogen (secondary N) is 1. The zero-order valence-corrected chi connectivity index (χ0v) is 13.1. The lowest BCUT2D eigenvalue weighted by molar-refractivity contribution is 0.591. The Kier molecular flexibility index (Phi) is 5.83. The van der Waals surface area contributed by atoms with E-state index in [1.54, 1.807) is 0 Å². The molecule has 0 aliphatic heterocycles. The van der Waals surface area contributed by atoms with Gasteiger partial charge in [0.05, 0.1) is 0 Å². The third-order valence-corrected chi connectivity index (χ3v) is 4.98. The third kappa shape index (κ3) is 5.09. The molecule has 0 fully saturated rings. The monoisotopic (exact) mass is 287 g/mol. The van der Waals surface area contributed by atoms with Crippen molar-refractivity contribution in [3.8, 4) is 0 Å². The second-order valence-electron chi connectivity index (χ2n) is 5.39. The van der Waals surface area contributed by atoms with Gasteiger partial charge >= 0.3 is 0 Å². The van der Waals surface area contributed by atoms with Crippen LogP contribution in [-0.2, 0) is 10.8 Å². The Balaban J connectivity index is 2.40. The van der Waals surface area contributed by atoms with Crippen LogP contribution in [0.2, 0.25) is 5.02 Å². The normalized spacial score (nSPS) is 15.4. The molecule has 1 aromatic rings. The van der Waals surface area contributed by atoms with Gasteiger partial charge in [-0.1, -0.05) is 23.7 Å². The van der Waals surface area contributed by atoms with E-state index in [9.17, 15) is 4.21 Å². The molecular weight excluding hydrogens is 266 g/mol. The SMILES string of the molecule is C[C@@H](NCC[S@](=O)C(C)(C)C)c1ccc(Cl)cc1. The van der Waals surface area contributed by atoms with E-state index in [1.165, 1.54) is 5.56 Å². The fourth-order valence-corrected chi connectivity index (χ4v) is 2.59. The second kappa shape index (κ2) is 6.69. The van der Waals surface area contributed by atoms with Crippen LogP contribution in [0, 0.1) is 0 Å². The summed E-state index contributed by atoms with van der Waals surface area (Å²) in [6, 6.07) is 8.06. The maximum absolute atomic E-state index is 11.9. The van der Waals surface area contributed by atoms with Gasteiger partial charge in [-0.3, -0.25) is 4.21 Å². The highest BCUT2D eigenvalue weighted by Gasteiger charge is 2.18. The van der Waals surface area contributed by atoms with Crippen LogP contribution in [-0.4, -0.2) is 21.3 Å². The van der Waals surface area contributed by atoms with Gasteiger partial charge in [-0.05, 0) is 45.4 Å². The Morgan fingerprint density at radius 2 is 1.83 bits per heavy atom. The summed E-state index contributed by atoms with van der Waals surface area (Å²) in [5.74, 6) is 0.682. The first kappa shape index (κ1) is 15.7. The molecule has 1 N–H and O–H groups in total. The maximum atomic E-state index is 11.9. The summed E-state index contributed by atoms with van der Waals surface area (Å²) in [6.45, 7) is 8.88. The summed E-state index contributed by atoms with van der Waals surface area (Å²) in [7, 11) is -0.797. The minimum atomic E-state index is -0.797. The molecule has 1 aromatic carbocycles. The molecule has 0 spiro atoms. The zero-order chi connectivity index (χ0) is 13.8. The molecule has 0 aromatic heterocycles. The van der Waals surface area contributed by atoms with E-state index in [0.717, 1.165) is 11.6 Å². The standard InChI is InChI=1S/C14H22ClNOS/c1-11(12-5-7-13(15)8-6-12)16-9-10-18(17)14(2,3)4/h5-8,11,16H,9-10H2,1-4H3/t11-,18+/m1/s1. The summed E-state index contributed by atoms with van der Waals surface area (Å²) in [6.07, 6.45) is 0. The minimum absolute atomic E-state index is 0.134. The van der Waals surface area contributed by atoms with Crippen LogP contribution in [0.3, 0.4) is 0 Å². The van der Waals surface area contributed by atoms with Crippen LogP contribution < -0.4 is 5.32 Å². The van der Waals surface area contributed by atoms with Crippen molar-refractivity contribution in [2.75, 3.05) is 12.3 Å². The molecule has 0 aliphatic rings. The van der Waals surface area contributed by atoms with Gasteiger partial charge in [0.2, 0.25) is 0 Å². The Morgan fingerprint density at radius 1 is 1.28 bits per heavy atom. The molecule has 2 nitrogen and oxygen atoms in total. The molecule has 0 amide bonds. The van der Waals surface area contributed by atoms with Crippen molar-refractivity contribution in [2.45, 2.75) is 38.5 Å². The molecule has 102 valence electrons. The van der Waals surface area contributed by atoms with Crippen molar-refractivity contribution in [1.82, 2.24) is 5.32 Å². The van der Waals surface area contributed by atoms with E-state index < -0.39 is 10.8 Å². The molecule has 18 heavy (non-hydrogen) atoms. The highest BCUT2D eigenvalue weighted by molar-refractivity contribution is 7.86. The van der Waals surface area contributed by atoms with Crippen molar-refractivity contribution in [3.63, 3.8) is 0 Å². The average Bonchev–Trinajstić information content (AvgIpc) is 2.28. The van der Waals surface area contributed by atoms with Gasteiger partial charge < -0.3 is 5.32 Å². The van der Waals surface area contributed by atoms with Gasteiger partial charge in [0, 0.05) is 38.9 Å². The van der Waals surface area contributed by atoms with Gasteiger partial charge in [-0.25, -0.2) is 0 Å². The Bertz CT molecular complexity index is 397. The summed E-state index contributed by atoms with van der Waals surface area (Å²) >= 11 is 5.85. The van der Waals surface area contributed by atoms with E-state index >= 15 is 0 Å². The molecule has 0 radical (unpaired) electrons. The highest BCUT2D eigenvalue weighted by atomic mass is 35.5. The maximum Gasteiger partial charge on any atom is 0.0406 e. The third-order valence-electron chi connectivity index (χ3n) is 2.79. The van der Waals surface area contributed by atoms with E-state index in [4.69, 9.17) is 11.6 Å². The van der Waals surface area contributed by atoms with Crippen LogP contribution in [0.4, 0.5) is 0 Å². The predicted octanol–water partition coefficient (Wildman–Crippen LogP) is 3.54. The molecule has 0 aliphatic carbocycles. The molecule has 0 heterocycles. The first-order valence-electron chi connectivity index (χ1n) is 6.18. The van der Waals surface area contributed by atoms with Gasteiger partial charge in [-0.2, -0.15) is 0 Å². The van der Waals surface area contributed by atoms with Crippen molar-refractivity contribution < 1.29 is 4.21 Å². The van der Waals surface area contributed by atoms with Crippen molar-refractivity contribution in [2.24, 2.45) is 0 Å². The largest absolute Gasteiger partial charge is 0.309 e. The Hall–Kier alpha value is -0.380. The lowest BCUT2D eigenvalue weighted by Crippen LogP contribution is -2.30. The summed E-state index contributed by atoms with van der Waals surface area (Å²) in [5, 5.41) is 4.14. The summed E-state index contributed by atoms with van der Waals surface area (Å²) in [4.78, 5) is 0. The molecule has 2 atom stereocenters. The first-order valence-corrected chi connectivity index (χ1v) is 7.87. The fraction of sp³-hybridized carbons (Fsp3) is 0.571. The Labute approximate surface area is 118 Å². The van der Waals surface area contributed by atoms with E-state index in [-0.39, 0.29) is 10.8 Å². The first-order chi connectivity index (χ1) is 8.30. The van der Waals surface area contributed by atoms with E-state index in [0.29, 0.717) is 5.75 Å². The zero-order valence-electron chi connectivity index (χ0n) is 11.5. The molecule has 0 bridgehead atoms. The Morgan fingerprint density at radius 3 is 2.33 bits per heavy atom.